The number of hydrogen-bond acceptors (Lipinski definition) is 4. The molecule has 7 heteroatoms. The number of nitrogens with one attached hydrogen (secondary N) is 1. The predicted octanol–water partition coefficient (Wildman–Crippen LogP) is 3.50. The maximum absolute atomic E-state index is 13.0. The lowest BCUT2D eigenvalue weighted by Gasteiger charge is -2.30. The van der Waals surface area contributed by atoms with Crippen LogP contribution in [-0.4, -0.2) is 33.7 Å². The lowest BCUT2D eigenvalue weighted by atomic mass is 10.1. The van der Waals surface area contributed by atoms with Crippen LogP contribution >= 0.6 is 0 Å². The number of methoxy groups -OCH3 is 1. The first-order valence-electron chi connectivity index (χ1n) is 8.69. The molecule has 1 atom stereocenters. The molecule has 2 aromatic carbocycles. The van der Waals surface area contributed by atoms with Crippen LogP contribution in [0.25, 0.3) is 0 Å². The molecule has 0 saturated carbocycles. The molecule has 146 valence electrons. The van der Waals surface area contributed by atoms with Gasteiger partial charge in [-0.05, 0) is 49.6 Å². The molecule has 0 radical (unpaired) electrons. The van der Waals surface area contributed by atoms with Gasteiger partial charge in [-0.25, -0.2) is 8.42 Å². The largest absolute Gasteiger partial charge is 0.497 e. The number of carbonyl (C=O) groups is 1. The highest BCUT2D eigenvalue weighted by molar-refractivity contribution is 7.92. The molecule has 0 fully saturated rings. The zero-order chi connectivity index (χ0) is 20.2. The van der Waals surface area contributed by atoms with Crippen LogP contribution in [0.4, 0.5) is 11.4 Å². The monoisotopic (exact) mass is 390 g/mol. The zero-order valence-electron chi connectivity index (χ0n) is 16.3. The summed E-state index contributed by atoms with van der Waals surface area (Å²) in [6.45, 7) is 5.61. The smallest absolute Gasteiger partial charge is 0.248 e. The number of rotatable bonds is 7. The number of carbonyl (C=O) groups excluding carboxylic acids is 1. The van der Waals surface area contributed by atoms with Gasteiger partial charge in [0.25, 0.3) is 0 Å². The predicted molar refractivity (Wildman–Crippen MR) is 109 cm³/mol. The Kier molecular flexibility index (Phi) is 6.49. The average Bonchev–Trinajstić information content (AvgIpc) is 2.61. The van der Waals surface area contributed by atoms with Crippen molar-refractivity contribution < 1.29 is 17.9 Å². The highest BCUT2D eigenvalue weighted by Gasteiger charge is 2.32. The van der Waals surface area contributed by atoms with Crippen LogP contribution in [0.2, 0.25) is 0 Å². The van der Waals surface area contributed by atoms with E-state index in [1.165, 1.54) is 7.11 Å². The number of hydrogen-bond donors (Lipinski definition) is 1. The van der Waals surface area contributed by atoms with E-state index < -0.39 is 16.1 Å². The second-order valence-electron chi connectivity index (χ2n) is 6.49. The highest BCUT2D eigenvalue weighted by Crippen LogP contribution is 2.27. The third kappa shape index (κ3) is 5.01. The van der Waals surface area contributed by atoms with Crippen molar-refractivity contribution >= 4 is 27.3 Å². The second-order valence-corrected chi connectivity index (χ2v) is 8.35. The summed E-state index contributed by atoms with van der Waals surface area (Å²) in [5.74, 6) is 0.144. The van der Waals surface area contributed by atoms with E-state index in [9.17, 15) is 13.2 Å². The molecule has 2 rings (SSSR count). The summed E-state index contributed by atoms with van der Waals surface area (Å²) in [5, 5.41) is 2.88. The molecule has 0 aromatic heterocycles. The minimum Gasteiger partial charge on any atom is -0.497 e. The van der Waals surface area contributed by atoms with E-state index in [0.717, 1.165) is 21.7 Å². The summed E-state index contributed by atoms with van der Waals surface area (Å²) in [5.41, 5.74) is 2.99. The molecule has 0 aliphatic carbocycles. The van der Waals surface area contributed by atoms with Crippen molar-refractivity contribution in [2.24, 2.45) is 0 Å². The van der Waals surface area contributed by atoms with Gasteiger partial charge >= 0.3 is 0 Å². The lowest BCUT2D eigenvalue weighted by molar-refractivity contribution is -0.117. The maximum Gasteiger partial charge on any atom is 0.248 e. The Hall–Kier alpha value is -2.54. The van der Waals surface area contributed by atoms with Crippen molar-refractivity contribution in [3.05, 3.63) is 53.6 Å². The van der Waals surface area contributed by atoms with Crippen LogP contribution in [0.5, 0.6) is 5.75 Å². The average molecular weight is 391 g/mol. The number of anilines is 2. The van der Waals surface area contributed by atoms with Gasteiger partial charge in [0.1, 0.15) is 11.8 Å². The Bertz CT molecular complexity index is 925. The molecule has 0 unspecified atom stereocenters. The Balaban J connectivity index is 2.42. The van der Waals surface area contributed by atoms with Gasteiger partial charge in [0.15, 0.2) is 0 Å². The Morgan fingerprint density at radius 3 is 2.48 bits per heavy atom. The van der Waals surface area contributed by atoms with Gasteiger partial charge in [-0.3, -0.25) is 9.10 Å². The van der Waals surface area contributed by atoms with Gasteiger partial charge in [-0.15, -0.1) is 0 Å². The molecule has 1 N–H and O–H groups in total. The minimum absolute atomic E-state index is 0.320. The molecule has 27 heavy (non-hydrogen) atoms. The fraction of sp³-hybridized carbons (Fsp3) is 0.350. The van der Waals surface area contributed by atoms with Crippen LogP contribution < -0.4 is 14.4 Å². The third-order valence-electron chi connectivity index (χ3n) is 4.29. The lowest BCUT2D eigenvalue weighted by Crippen LogP contribution is -2.47. The molecule has 0 bridgehead atoms. The fourth-order valence-electron chi connectivity index (χ4n) is 2.89. The molecule has 0 saturated heterocycles. The number of amides is 1. The van der Waals surface area contributed by atoms with Crippen molar-refractivity contribution in [1.82, 2.24) is 0 Å². The molecular weight excluding hydrogens is 364 g/mol. The first kappa shape index (κ1) is 20.8. The van der Waals surface area contributed by atoms with Crippen molar-refractivity contribution in [1.29, 1.82) is 0 Å². The van der Waals surface area contributed by atoms with Crippen LogP contribution in [0.1, 0.15) is 24.5 Å². The summed E-state index contributed by atoms with van der Waals surface area (Å²) in [7, 11) is -2.18. The van der Waals surface area contributed by atoms with E-state index >= 15 is 0 Å². The molecule has 0 spiro atoms. The Labute approximate surface area is 161 Å². The summed E-state index contributed by atoms with van der Waals surface area (Å²) < 4.78 is 31.4. The van der Waals surface area contributed by atoms with Gasteiger partial charge in [-0.2, -0.15) is 0 Å². The summed E-state index contributed by atoms with van der Waals surface area (Å²) >= 11 is 0. The topological polar surface area (TPSA) is 75.7 Å². The Morgan fingerprint density at radius 1 is 1.19 bits per heavy atom. The van der Waals surface area contributed by atoms with Gasteiger partial charge in [0, 0.05) is 11.8 Å². The molecule has 1 amide bonds. The summed E-state index contributed by atoms with van der Waals surface area (Å²) in [4.78, 5) is 13.0. The number of nitrogens with zero attached hydrogens (tertiary/aromatic N) is 1. The first-order chi connectivity index (χ1) is 12.7. The van der Waals surface area contributed by atoms with E-state index in [4.69, 9.17) is 4.74 Å². The Morgan fingerprint density at radius 2 is 1.89 bits per heavy atom. The van der Waals surface area contributed by atoms with E-state index in [1.807, 2.05) is 32.0 Å². The van der Waals surface area contributed by atoms with Crippen LogP contribution in [0.3, 0.4) is 0 Å². The second kappa shape index (κ2) is 8.43. The van der Waals surface area contributed by atoms with Crippen molar-refractivity contribution in [2.45, 2.75) is 33.2 Å². The van der Waals surface area contributed by atoms with Gasteiger partial charge in [0.05, 0.1) is 19.1 Å². The van der Waals surface area contributed by atoms with Crippen LogP contribution in [-0.2, 0) is 14.8 Å². The van der Waals surface area contributed by atoms with Gasteiger partial charge < -0.3 is 10.1 Å². The van der Waals surface area contributed by atoms with Crippen molar-refractivity contribution in [3.63, 3.8) is 0 Å². The molecule has 6 nitrogen and oxygen atoms in total. The van der Waals surface area contributed by atoms with Crippen molar-refractivity contribution in [3.8, 4) is 5.75 Å². The fourth-order valence-corrected chi connectivity index (χ4v) is 4.10. The SMILES string of the molecule is CC[C@@H](C(=O)Nc1cc(C)ccc1C)N(c1cccc(OC)c1)S(C)(=O)=O. The van der Waals surface area contributed by atoms with E-state index in [1.54, 1.807) is 31.2 Å². The van der Waals surface area contributed by atoms with E-state index in [-0.39, 0.29) is 5.91 Å². The number of sulfonamides is 1. The molecular formula is C20H26N2O4S. The molecule has 0 heterocycles. The number of ether oxygens (including phenoxy) is 1. The number of aryl methyl sites for hydroxylation is 2. The molecule has 0 aliphatic rings. The van der Waals surface area contributed by atoms with Gasteiger partial charge in [0.2, 0.25) is 15.9 Å². The zero-order valence-corrected chi connectivity index (χ0v) is 17.1. The third-order valence-corrected chi connectivity index (χ3v) is 5.47. The van der Waals surface area contributed by atoms with E-state index in [0.29, 0.717) is 23.5 Å². The quantitative estimate of drug-likeness (QED) is 0.785. The number of benzene rings is 2. The van der Waals surface area contributed by atoms with Gasteiger partial charge in [-0.1, -0.05) is 25.1 Å². The summed E-state index contributed by atoms with van der Waals surface area (Å²) in [6.07, 6.45) is 1.42. The first-order valence-corrected chi connectivity index (χ1v) is 10.5. The molecule has 2 aromatic rings. The van der Waals surface area contributed by atoms with Crippen LogP contribution in [0, 0.1) is 13.8 Å². The highest BCUT2D eigenvalue weighted by atomic mass is 32.2. The molecule has 0 aliphatic heterocycles. The maximum atomic E-state index is 13.0. The van der Waals surface area contributed by atoms with E-state index in [2.05, 4.69) is 5.32 Å². The minimum atomic E-state index is -3.69. The summed E-state index contributed by atoms with van der Waals surface area (Å²) in [6, 6.07) is 11.5. The standard InChI is InChI=1S/C20H26N2O4S/c1-6-19(20(23)21-18-12-14(2)10-11-15(18)3)22(27(5,24)25)16-8-7-9-17(13-16)26-4/h7-13,19H,6H2,1-5H3,(H,21,23)/t19-/m0/s1. The normalized spacial score (nSPS) is 12.3. The van der Waals surface area contributed by atoms with Crippen molar-refractivity contribution in [2.75, 3.05) is 23.0 Å². The van der Waals surface area contributed by atoms with Crippen LogP contribution in [0.15, 0.2) is 42.5 Å².